The maximum absolute atomic E-state index is 14.4. The zero-order valence-electron chi connectivity index (χ0n) is 27.8. The number of rotatable bonds is 7. The Morgan fingerprint density at radius 1 is 1.04 bits per heavy atom. The number of pyridine rings is 1. The Bertz CT molecular complexity index is 1770. The predicted molar refractivity (Wildman–Crippen MR) is 180 cm³/mol. The molecule has 268 valence electrons. The van der Waals surface area contributed by atoms with E-state index in [0.717, 1.165) is 23.6 Å². The molecular formula is C35H43N5O9S. The second kappa shape index (κ2) is 14.2. The van der Waals surface area contributed by atoms with Crippen LogP contribution < -0.4 is 20.1 Å². The Balaban J connectivity index is 1.17. The molecule has 0 spiro atoms. The zero-order valence-corrected chi connectivity index (χ0v) is 28.6. The van der Waals surface area contributed by atoms with E-state index in [1.807, 2.05) is 42.5 Å². The Kier molecular flexibility index (Phi) is 9.70. The third-order valence-electron chi connectivity index (χ3n) is 10.2. The molecule has 0 radical (unpaired) electrons. The molecule has 2 aliphatic carbocycles. The quantitative estimate of drug-likeness (QED) is 0.361. The summed E-state index contributed by atoms with van der Waals surface area (Å²) in [5.41, 5.74) is -1.48. The van der Waals surface area contributed by atoms with E-state index in [1.54, 1.807) is 6.20 Å². The molecule has 14 nitrogen and oxygen atoms in total. The second-order valence-corrected chi connectivity index (χ2v) is 15.9. The maximum Gasteiger partial charge on any atom is 0.408 e. The van der Waals surface area contributed by atoms with Crippen molar-refractivity contribution >= 4 is 44.6 Å². The van der Waals surface area contributed by atoms with Crippen molar-refractivity contribution in [3.05, 3.63) is 48.7 Å². The number of allylic oxidation sites excluding steroid dienone is 1. The molecule has 3 aliphatic heterocycles. The van der Waals surface area contributed by atoms with Crippen LogP contribution in [0.4, 0.5) is 4.79 Å². The molecule has 3 N–H and O–H groups in total. The molecule has 50 heavy (non-hydrogen) atoms. The summed E-state index contributed by atoms with van der Waals surface area (Å²) in [6, 6.07) is 7.38. The summed E-state index contributed by atoms with van der Waals surface area (Å²) in [7, 11) is -3.87. The van der Waals surface area contributed by atoms with E-state index in [4.69, 9.17) is 14.2 Å². The molecule has 15 heteroatoms. The second-order valence-electron chi connectivity index (χ2n) is 13.9. The summed E-state index contributed by atoms with van der Waals surface area (Å²) in [5, 5.41) is 6.69. The van der Waals surface area contributed by atoms with Crippen LogP contribution >= 0.6 is 0 Å². The molecule has 2 aromatic rings. The predicted octanol–water partition coefficient (Wildman–Crippen LogP) is 2.47. The monoisotopic (exact) mass is 709 g/mol. The molecule has 2 saturated carbocycles. The van der Waals surface area contributed by atoms with Crippen LogP contribution in [0.2, 0.25) is 0 Å². The number of sulfonamides is 1. The van der Waals surface area contributed by atoms with Crippen LogP contribution in [-0.2, 0) is 33.9 Å². The highest BCUT2D eigenvalue weighted by Gasteiger charge is 2.62. The molecule has 4 heterocycles. The summed E-state index contributed by atoms with van der Waals surface area (Å²) in [4.78, 5) is 61.1. The normalized spacial score (nSPS) is 31.0. The van der Waals surface area contributed by atoms with Crippen molar-refractivity contribution < 1.29 is 41.8 Å². The van der Waals surface area contributed by atoms with E-state index in [1.165, 1.54) is 4.90 Å². The van der Waals surface area contributed by atoms with Gasteiger partial charge >= 0.3 is 6.09 Å². The topological polar surface area (TPSA) is 182 Å². The van der Waals surface area contributed by atoms with Gasteiger partial charge in [0.1, 0.15) is 29.8 Å². The van der Waals surface area contributed by atoms with Crippen molar-refractivity contribution in [2.45, 2.75) is 99.3 Å². The Labute approximate surface area is 290 Å². The van der Waals surface area contributed by atoms with Crippen molar-refractivity contribution in [2.75, 3.05) is 19.8 Å². The Morgan fingerprint density at radius 2 is 1.88 bits per heavy atom. The molecule has 4 fully saturated rings. The fourth-order valence-corrected chi connectivity index (χ4v) is 8.49. The van der Waals surface area contributed by atoms with Gasteiger partial charge in [-0.15, -0.1) is 0 Å². The minimum absolute atomic E-state index is 0.0180. The summed E-state index contributed by atoms with van der Waals surface area (Å²) in [6.07, 6.45) is 8.72. The Hall–Kier alpha value is -4.24. The van der Waals surface area contributed by atoms with Crippen LogP contribution in [0.25, 0.3) is 10.8 Å². The van der Waals surface area contributed by atoms with Gasteiger partial charge in [0.15, 0.2) is 0 Å². The fourth-order valence-electron chi connectivity index (χ4n) is 7.12. The van der Waals surface area contributed by atoms with Gasteiger partial charge in [0.05, 0.1) is 25.0 Å². The van der Waals surface area contributed by atoms with Gasteiger partial charge < -0.3 is 29.7 Å². The van der Waals surface area contributed by atoms with Crippen LogP contribution in [-0.4, -0.2) is 97.0 Å². The molecule has 7 rings (SSSR count). The maximum atomic E-state index is 14.4. The molecular weight excluding hydrogens is 666 g/mol. The van der Waals surface area contributed by atoms with Crippen LogP contribution in [0.1, 0.15) is 64.2 Å². The number of aromatic nitrogens is 1. The van der Waals surface area contributed by atoms with Crippen molar-refractivity contribution in [3.63, 3.8) is 0 Å². The highest BCUT2D eigenvalue weighted by Crippen LogP contribution is 2.46. The number of nitrogens with zero attached hydrogens (tertiary/aromatic N) is 2. The number of carbonyl (C=O) groups is 4. The van der Waals surface area contributed by atoms with Gasteiger partial charge in [-0.3, -0.25) is 19.1 Å². The molecule has 0 unspecified atom stereocenters. The number of alkyl carbamates (subject to hydrolysis) is 1. The number of hydrogen-bond acceptors (Lipinski definition) is 10. The van der Waals surface area contributed by atoms with Gasteiger partial charge in [-0.25, -0.2) is 18.2 Å². The van der Waals surface area contributed by atoms with Crippen LogP contribution in [0.5, 0.6) is 5.88 Å². The largest absolute Gasteiger partial charge is 0.472 e. The van der Waals surface area contributed by atoms with Crippen molar-refractivity contribution in [2.24, 2.45) is 5.92 Å². The molecule has 5 aliphatic rings. The Morgan fingerprint density at radius 3 is 2.68 bits per heavy atom. The summed E-state index contributed by atoms with van der Waals surface area (Å²) < 4.78 is 45.0. The fraction of sp³-hybridized carbons (Fsp3) is 0.571. The van der Waals surface area contributed by atoms with Crippen molar-refractivity contribution in [1.29, 1.82) is 0 Å². The summed E-state index contributed by atoms with van der Waals surface area (Å²) in [6.45, 7) is 0.788. The lowest BCUT2D eigenvalue weighted by Crippen LogP contribution is -2.58. The number of carbonyl (C=O) groups excluding carboxylic acids is 4. The number of amides is 4. The lowest BCUT2D eigenvalue weighted by atomic mass is 10.0. The van der Waals surface area contributed by atoms with Crippen LogP contribution in [0, 0.1) is 5.92 Å². The smallest absolute Gasteiger partial charge is 0.408 e. The van der Waals surface area contributed by atoms with E-state index in [9.17, 15) is 27.6 Å². The van der Waals surface area contributed by atoms with Gasteiger partial charge in [0.2, 0.25) is 27.7 Å². The summed E-state index contributed by atoms with van der Waals surface area (Å²) >= 11 is 0. The number of hydrogen-bond donors (Lipinski definition) is 3. The van der Waals surface area contributed by atoms with Crippen LogP contribution in [0.3, 0.4) is 0 Å². The van der Waals surface area contributed by atoms with E-state index in [-0.39, 0.29) is 26.0 Å². The SMILES string of the molecule is O=C(N[C@H]1CCCCC/C=C\[C@H]2C[C@@]2(C(=O)NS(=O)(=O)C2CC2)NC(=O)[C@@H]2C[C@@H](Oc3nccc4ccccc34)CN2C1=O)O[C@H]1CCOC1. The van der Waals surface area contributed by atoms with Gasteiger partial charge in [-0.05, 0) is 56.0 Å². The van der Waals surface area contributed by atoms with Gasteiger partial charge in [-0.1, -0.05) is 43.2 Å². The van der Waals surface area contributed by atoms with Gasteiger partial charge in [0, 0.05) is 30.3 Å². The van der Waals surface area contributed by atoms with E-state index in [2.05, 4.69) is 20.3 Å². The minimum atomic E-state index is -3.87. The lowest BCUT2D eigenvalue weighted by Gasteiger charge is -2.30. The molecule has 2 saturated heterocycles. The van der Waals surface area contributed by atoms with Crippen molar-refractivity contribution in [1.82, 2.24) is 25.2 Å². The lowest BCUT2D eigenvalue weighted by molar-refractivity contribution is -0.141. The average Bonchev–Trinajstić information content (AvgIpc) is 3.97. The first-order valence-electron chi connectivity index (χ1n) is 17.5. The zero-order chi connectivity index (χ0) is 34.9. The average molecular weight is 710 g/mol. The van der Waals surface area contributed by atoms with E-state index in [0.29, 0.717) is 51.0 Å². The first kappa shape index (κ1) is 34.2. The van der Waals surface area contributed by atoms with Crippen LogP contribution in [0.15, 0.2) is 48.7 Å². The molecule has 1 aromatic heterocycles. The van der Waals surface area contributed by atoms with E-state index >= 15 is 0 Å². The first-order chi connectivity index (χ1) is 24.1. The van der Waals surface area contributed by atoms with E-state index < -0.39 is 74.8 Å². The third kappa shape index (κ3) is 7.43. The number of fused-ring (bicyclic) bond motifs is 3. The van der Waals surface area contributed by atoms with Gasteiger partial charge in [-0.2, -0.15) is 0 Å². The number of benzene rings is 1. The standard InChI is InChI=1S/C35H43N5O9S/c41-30-29-18-25(48-31-27-10-7-6-8-22(27)14-16-36-31)20-40(29)32(42)28(37-34(44)49-24-15-17-47-21-24)11-5-3-1-2-4-9-23-19-35(23,38-30)33(43)39-50(45,46)26-12-13-26/h4,6-10,14,16,23-26,28-29H,1-3,5,11-13,15,17-21H2,(H,37,44)(H,38,41)(H,39,43)/b9-4-/t23-,24-,25+,28-,29-,35+/m0/s1. The third-order valence-corrected chi connectivity index (χ3v) is 12.0. The number of ether oxygens (including phenoxy) is 3. The molecule has 4 amide bonds. The molecule has 1 aromatic carbocycles. The van der Waals surface area contributed by atoms with Gasteiger partial charge in [0.25, 0.3) is 5.91 Å². The first-order valence-corrected chi connectivity index (χ1v) is 19.1. The van der Waals surface area contributed by atoms with Crippen molar-refractivity contribution in [3.8, 4) is 5.88 Å². The molecule has 0 bridgehead atoms. The minimum Gasteiger partial charge on any atom is -0.472 e. The number of nitrogens with one attached hydrogen (secondary N) is 3. The molecule has 6 atom stereocenters. The highest BCUT2D eigenvalue weighted by atomic mass is 32.2. The highest BCUT2D eigenvalue weighted by molar-refractivity contribution is 7.91. The summed E-state index contributed by atoms with van der Waals surface area (Å²) in [5.74, 6) is -1.92.